The van der Waals surface area contributed by atoms with E-state index in [4.69, 9.17) is 19.9 Å². The molecule has 0 spiro atoms. The number of hydrogen-bond donors (Lipinski definition) is 3. The summed E-state index contributed by atoms with van der Waals surface area (Å²) in [5.41, 5.74) is 7.79. The van der Waals surface area contributed by atoms with Crippen LogP contribution in [0.4, 0.5) is 13.2 Å². The van der Waals surface area contributed by atoms with Crippen LogP contribution < -0.4 is 21.1 Å². The predicted octanol–water partition coefficient (Wildman–Crippen LogP) is 3.94. The van der Waals surface area contributed by atoms with Crippen LogP contribution in [0.25, 0.3) is 0 Å². The number of allylic oxidation sites excluding steroid dienone is 1. The minimum Gasteiger partial charge on any atom is -0.406 e. The topological polar surface area (TPSA) is 120 Å². The van der Waals surface area contributed by atoms with E-state index in [0.29, 0.717) is 44.1 Å². The van der Waals surface area contributed by atoms with Gasteiger partial charge in [0.15, 0.2) is 0 Å². The predicted molar refractivity (Wildman–Crippen MR) is 160 cm³/mol. The van der Waals surface area contributed by atoms with Crippen molar-refractivity contribution in [1.29, 1.82) is 0 Å². The summed E-state index contributed by atoms with van der Waals surface area (Å²) in [6.07, 6.45) is 0.997. The Balaban J connectivity index is 1.29. The Morgan fingerprint density at radius 2 is 1.91 bits per heavy atom. The number of aliphatic imine (C=N–C) groups is 1. The first-order valence-electron chi connectivity index (χ1n) is 15.1. The maximum Gasteiger partial charge on any atom is 0.573 e. The molecule has 244 valence electrons. The summed E-state index contributed by atoms with van der Waals surface area (Å²) in [5, 5.41) is 6.98. The Kier molecular flexibility index (Phi) is 12.1. The van der Waals surface area contributed by atoms with Gasteiger partial charge in [-0.25, -0.2) is 4.99 Å². The fraction of sp³-hybridized carbons (Fsp3) is 0.613. The third-order valence-corrected chi connectivity index (χ3v) is 8.43. The highest BCUT2D eigenvalue weighted by Gasteiger charge is 2.33. The smallest absolute Gasteiger partial charge is 0.406 e. The lowest BCUT2D eigenvalue weighted by molar-refractivity contribution is -0.274. The number of methoxy groups -OCH3 is 1. The highest BCUT2D eigenvalue weighted by atomic mass is 19.4. The van der Waals surface area contributed by atoms with E-state index in [1.165, 1.54) is 12.1 Å². The van der Waals surface area contributed by atoms with Crippen molar-refractivity contribution in [2.75, 3.05) is 40.0 Å². The third kappa shape index (κ3) is 9.43. The number of likely N-dealkylation sites (tertiary alicyclic amines) is 1. The summed E-state index contributed by atoms with van der Waals surface area (Å²) in [5.74, 6) is -0.464. The number of amides is 1. The summed E-state index contributed by atoms with van der Waals surface area (Å²) in [7, 11) is 1.70. The van der Waals surface area contributed by atoms with Crippen LogP contribution in [0.1, 0.15) is 57.1 Å². The average Bonchev–Trinajstić information content (AvgIpc) is 3.02. The Morgan fingerprint density at radius 3 is 2.57 bits per heavy atom. The molecule has 0 saturated carbocycles. The summed E-state index contributed by atoms with van der Waals surface area (Å²) in [6, 6.07) is 6.29. The SMILES string of the molecule is C=C(NC[C@@H]1CCC[C@H](c2ccc(OC(F)(F)F)cc2)O1)/C(C)=C(\N=C/N)C(=O)N1CCC(N[C@H]2CCOCC2OC)CC1. The molecule has 1 aromatic rings. The molecule has 0 bridgehead atoms. The van der Waals surface area contributed by atoms with Crippen LogP contribution in [0.15, 0.2) is 52.8 Å². The van der Waals surface area contributed by atoms with E-state index in [0.717, 1.165) is 50.4 Å². The number of benzene rings is 1. The van der Waals surface area contributed by atoms with Crippen molar-refractivity contribution in [3.05, 3.63) is 53.4 Å². The third-order valence-electron chi connectivity index (χ3n) is 8.43. The van der Waals surface area contributed by atoms with Crippen LogP contribution in [0, 0.1) is 0 Å². The molecule has 0 aliphatic carbocycles. The van der Waals surface area contributed by atoms with Gasteiger partial charge in [-0.05, 0) is 63.1 Å². The van der Waals surface area contributed by atoms with Crippen LogP contribution in [0.5, 0.6) is 5.75 Å². The first-order valence-corrected chi connectivity index (χ1v) is 15.1. The number of ether oxygens (including phenoxy) is 4. The molecule has 4 N–H and O–H groups in total. The van der Waals surface area contributed by atoms with Gasteiger partial charge in [0, 0.05) is 56.7 Å². The van der Waals surface area contributed by atoms with Crippen LogP contribution in [-0.2, 0) is 19.0 Å². The van der Waals surface area contributed by atoms with Crippen molar-refractivity contribution in [3.63, 3.8) is 0 Å². The van der Waals surface area contributed by atoms with Gasteiger partial charge in [-0.1, -0.05) is 18.7 Å². The van der Waals surface area contributed by atoms with E-state index >= 15 is 0 Å². The van der Waals surface area contributed by atoms with Crippen molar-refractivity contribution in [1.82, 2.24) is 15.5 Å². The van der Waals surface area contributed by atoms with Crippen LogP contribution in [0.3, 0.4) is 0 Å². The van der Waals surface area contributed by atoms with Gasteiger partial charge in [0.1, 0.15) is 11.4 Å². The standard InChI is InChI=1S/C31H44F3N5O5/c1-20(21(2)36-17-25-5-4-6-27(43-25)22-7-9-24(10-8-22)44-31(32,33)34)29(37-19-35)30(40)39-14-11-23(12-15-39)38-26-13-16-42-18-28(26)41-3/h7-10,19,23,25-28,36,38H,2,4-6,11-18H2,1,3H3,(H2,35,37)/b29-20-/t25-,26-,27+,28?/m0/s1. The highest BCUT2D eigenvalue weighted by molar-refractivity contribution is 5.95. The van der Waals surface area contributed by atoms with Crippen molar-refractivity contribution in [2.45, 2.75) is 82.2 Å². The Bertz CT molecular complexity index is 1170. The number of nitrogens with two attached hydrogens (primary N) is 1. The van der Waals surface area contributed by atoms with Crippen molar-refractivity contribution in [3.8, 4) is 5.75 Å². The molecule has 13 heteroatoms. The molecular formula is C31H44F3N5O5. The second-order valence-corrected chi connectivity index (χ2v) is 11.4. The van der Waals surface area contributed by atoms with E-state index < -0.39 is 6.36 Å². The Morgan fingerprint density at radius 1 is 1.18 bits per heavy atom. The zero-order valence-corrected chi connectivity index (χ0v) is 25.4. The zero-order valence-electron chi connectivity index (χ0n) is 25.4. The van der Waals surface area contributed by atoms with E-state index in [1.54, 1.807) is 31.1 Å². The molecule has 3 saturated heterocycles. The van der Waals surface area contributed by atoms with Gasteiger partial charge in [-0.15, -0.1) is 13.2 Å². The second-order valence-electron chi connectivity index (χ2n) is 11.4. The number of rotatable bonds is 11. The molecule has 1 amide bonds. The second kappa shape index (κ2) is 15.7. The van der Waals surface area contributed by atoms with Gasteiger partial charge in [-0.2, -0.15) is 0 Å². The van der Waals surface area contributed by atoms with Gasteiger partial charge in [0.25, 0.3) is 5.91 Å². The van der Waals surface area contributed by atoms with E-state index in [-0.39, 0.29) is 47.7 Å². The molecule has 4 atom stereocenters. The maximum absolute atomic E-state index is 13.5. The molecule has 3 heterocycles. The van der Waals surface area contributed by atoms with Gasteiger partial charge >= 0.3 is 6.36 Å². The van der Waals surface area contributed by atoms with E-state index in [1.807, 2.05) is 0 Å². The Hall–Kier alpha value is -3.13. The molecule has 3 fully saturated rings. The quantitative estimate of drug-likeness (QED) is 0.147. The maximum atomic E-state index is 13.5. The highest BCUT2D eigenvalue weighted by Crippen LogP contribution is 2.33. The van der Waals surface area contributed by atoms with Crippen LogP contribution in [0.2, 0.25) is 0 Å². The van der Waals surface area contributed by atoms with Crippen molar-refractivity contribution < 1.29 is 36.9 Å². The Labute approximate surface area is 256 Å². The lowest BCUT2D eigenvalue weighted by Gasteiger charge is -2.38. The number of nitrogens with zero attached hydrogens (tertiary/aromatic N) is 2. The van der Waals surface area contributed by atoms with Gasteiger partial charge < -0.3 is 40.2 Å². The van der Waals surface area contributed by atoms with Crippen molar-refractivity contribution in [2.24, 2.45) is 10.7 Å². The lowest BCUT2D eigenvalue weighted by Crippen LogP contribution is -2.54. The fourth-order valence-corrected chi connectivity index (χ4v) is 5.91. The summed E-state index contributed by atoms with van der Waals surface area (Å²) >= 11 is 0. The summed E-state index contributed by atoms with van der Waals surface area (Å²) in [4.78, 5) is 19.5. The lowest BCUT2D eigenvalue weighted by atomic mass is 9.98. The average molecular weight is 624 g/mol. The van der Waals surface area contributed by atoms with E-state index in [2.05, 4.69) is 26.9 Å². The molecule has 0 aromatic heterocycles. The van der Waals surface area contributed by atoms with Gasteiger partial charge in [0.2, 0.25) is 0 Å². The number of hydrogen-bond acceptors (Lipinski definition) is 8. The molecule has 1 unspecified atom stereocenters. The summed E-state index contributed by atoms with van der Waals surface area (Å²) in [6.45, 7) is 8.84. The first-order chi connectivity index (χ1) is 21.1. The van der Waals surface area contributed by atoms with Gasteiger partial charge in [0.05, 0.1) is 31.3 Å². The monoisotopic (exact) mass is 623 g/mol. The molecular weight excluding hydrogens is 579 g/mol. The van der Waals surface area contributed by atoms with Gasteiger partial charge in [-0.3, -0.25) is 4.79 Å². The minimum atomic E-state index is -4.73. The number of carbonyl (C=O) groups excluding carboxylic acids is 1. The number of carbonyl (C=O) groups is 1. The summed E-state index contributed by atoms with van der Waals surface area (Å²) < 4.78 is 58.8. The molecule has 10 nitrogen and oxygen atoms in total. The van der Waals surface area contributed by atoms with Crippen LogP contribution in [-0.4, -0.2) is 87.8 Å². The van der Waals surface area contributed by atoms with E-state index in [9.17, 15) is 18.0 Å². The number of nitrogens with one attached hydrogen (secondary N) is 2. The minimum absolute atomic E-state index is 0.0242. The number of piperidine rings is 1. The largest absolute Gasteiger partial charge is 0.573 e. The van der Waals surface area contributed by atoms with Crippen molar-refractivity contribution >= 4 is 12.2 Å². The normalized spacial score (nSPS) is 25.9. The molecule has 3 aliphatic rings. The number of alkyl halides is 3. The molecule has 1 aromatic carbocycles. The molecule has 4 rings (SSSR count). The zero-order chi connectivity index (χ0) is 31.7. The fourth-order valence-electron chi connectivity index (χ4n) is 5.91. The molecule has 3 aliphatic heterocycles. The first kappa shape index (κ1) is 33.8. The van der Waals surface area contributed by atoms with Crippen LogP contribution >= 0.6 is 0 Å². The number of halogens is 3. The molecule has 44 heavy (non-hydrogen) atoms. The molecule has 0 radical (unpaired) electrons.